The van der Waals surface area contributed by atoms with E-state index in [0.29, 0.717) is 5.75 Å². The molecule has 2 atom stereocenters. The molecule has 0 unspecified atom stereocenters. The summed E-state index contributed by atoms with van der Waals surface area (Å²) in [6.07, 6.45) is 10.7. The number of thioether (sulfide) groups is 1. The van der Waals surface area contributed by atoms with Crippen LogP contribution in [0.15, 0.2) is 34.9 Å². The fraction of sp³-hybridized carbons (Fsp3) is 0.609. The van der Waals surface area contributed by atoms with Gasteiger partial charge in [-0.05, 0) is 53.4 Å². The third-order valence-corrected chi connectivity index (χ3v) is 5.42. The normalized spacial score (nSPS) is 13.9. The van der Waals surface area contributed by atoms with Crippen molar-refractivity contribution in [3.8, 4) is 0 Å². The lowest BCUT2D eigenvalue weighted by Crippen LogP contribution is -2.53. The van der Waals surface area contributed by atoms with Gasteiger partial charge >= 0.3 is 5.97 Å². The zero-order valence-corrected chi connectivity index (χ0v) is 20.2. The number of amides is 2. The summed E-state index contributed by atoms with van der Waals surface area (Å²) in [4.78, 5) is 34.5. The van der Waals surface area contributed by atoms with Crippen LogP contribution in [0.25, 0.3) is 0 Å². The second-order valence-electron chi connectivity index (χ2n) is 7.83. The van der Waals surface area contributed by atoms with Crippen molar-refractivity contribution in [2.24, 2.45) is 0 Å². The Balaban J connectivity index is 4.40. The Morgan fingerprint density at radius 2 is 1.45 bits per heavy atom. The Hall–Kier alpha value is -2.06. The van der Waals surface area contributed by atoms with Crippen LogP contribution in [0.1, 0.15) is 60.3 Å². The van der Waals surface area contributed by atoms with Gasteiger partial charge in [-0.15, -0.1) is 0 Å². The molecule has 0 heterocycles. The molecule has 2 amide bonds. The zero-order chi connectivity index (χ0) is 23.8. The molecule has 0 aromatic heterocycles. The number of carboxylic acids is 1. The number of aliphatic carboxylic acids is 1. The molecule has 7 nitrogen and oxygen atoms in total. The van der Waals surface area contributed by atoms with E-state index in [1.165, 1.54) is 35.4 Å². The lowest BCUT2D eigenvalue weighted by atomic mass is 10.1. The Morgan fingerprint density at radius 3 is 1.97 bits per heavy atom. The van der Waals surface area contributed by atoms with Crippen molar-refractivity contribution in [1.29, 1.82) is 0 Å². The quantitative estimate of drug-likeness (QED) is 0.223. The number of allylic oxidation sites excluding steroid dienone is 5. The number of aliphatic hydroxyl groups excluding tert-OH is 1. The molecule has 176 valence electrons. The van der Waals surface area contributed by atoms with Crippen LogP contribution >= 0.6 is 11.8 Å². The van der Waals surface area contributed by atoms with E-state index in [2.05, 4.69) is 56.6 Å². The van der Waals surface area contributed by atoms with Crippen molar-refractivity contribution in [3.63, 3.8) is 0 Å². The van der Waals surface area contributed by atoms with Gasteiger partial charge in [0.05, 0.1) is 6.61 Å². The van der Waals surface area contributed by atoms with Crippen molar-refractivity contribution < 1.29 is 24.6 Å². The van der Waals surface area contributed by atoms with Crippen molar-refractivity contribution in [2.75, 3.05) is 18.1 Å². The van der Waals surface area contributed by atoms with Crippen LogP contribution in [0, 0.1) is 0 Å². The lowest BCUT2D eigenvalue weighted by Gasteiger charge is -2.19. The van der Waals surface area contributed by atoms with E-state index in [9.17, 15) is 24.6 Å². The van der Waals surface area contributed by atoms with Crippen LogP contribution in [0.4, 0.5) is 0 Å². The first-order chi connectivity index (χ1) is 14.6. The van der Waals surface area contributed by atoms with E-state index in [0.717, 1.165) is 25.7 Å². The van der Waals surface area contributed by atoms with Gasteiger partial charge in [-0.3, -0.25) is 9.59 Å². The smallest absolute Gasteiger partial charge is 0.327 e. The van der Waals surface area contributed by atoms with Crippen molar-refractivity contribution in [2.45, 2.75) is 72.4 Å². The van der Waals surface area contributed by atoms with Crippen LogP contribution in [-0.4, -0.2) is 58.2 Å². The van der Waals surface area contributed by atoms with Crippen molar-refractivity contribution >= 4 is 29.5 Å². The number of carboxylic acid groups (broad SMARTS) is 1. The summed E-state index contributed by atoms with van der Waals surface area (Å²) in [6.45, 7) is 9.04. The number of rotatable bonds is 15. The van der Waals surface area contributed by atoms with Crippen LogP contribution in [-0.2, 0) is 14.4 Å². The van der Waals surface area contributed by atoms with Gasteiger partial charge in [0.25, 0.3) is 0 Å². The third-order valence-electron chi connectivity index (χ3n) is 4.45. The second kappa shape index (κ2) is 16.6. The van der Waals surface area contributed by atoms with Gasteiger partial charge in [-0.2, -0.15) is 11.8 Å². The molecule has 0 radical (unpaired) electrons. The minimum Gasteiger partial charge on any atom is -0.480 e. The first kappa shape index (κ1) is 28.9. The van der Waals surface area contributed by atoms with E-state index in [4.69, 9.17) is 0 Å². The predicted molar refractivity (Wildman–Crippen MR) is 127 cm³/mol. The predicted octanol–water partition coefficient (Wildman–Crippen LogP) is 3.21. The minimum absolute atomic E-state index is 0.187. The summed E-state index contributed by atoms with van der Waals surface area (Å²) in [5, 5.41) is 23.2. The van der Waals surface area contributed by atoms with Crippen LogP contribution in [0.2, 0.25) is 0 Å². The molecule has 0 aliphatic rings. The molecule has 0 saturated carbocycles. The van der Waals surface area contributed by atoms with E-state index < -0.39 is 36.5 Å². The molecule has 31 heavy (non-hydrogen) atoms. The SMILES string of the molecule is CC(=O)N[C@@H](CO)C(=O)N[C@@H](CSC/C=C(\C)CC/C=C(\C)CCC=C(C)C)C(=O)O. The average molecular weight is 455 g/mol. The molecule has 0 spiro atoms. The number of carbonyl (C=O) groups excluding carboxylic acids is 2. The Morgan fingerprint density at radius 1 is 0.871 bits per heavy atom. The maximum Gasteiger partial charge on any atom is 0.327 e. The van der Waals surface area contributed by atoms with E-state index >= 15 is 0 Å². The van der Waals surface area contributed by atoms with E-state index in [1.807, 2.05) is 0 Å². The van der Waals surface area contributed by atoms with Gasteiger partial charge in [0.1, 0.15) is 12.1 Å². The molecule has 0 aromatic rings. The monoisotopic (exact) mass is 454 g/mol. The molecular weight excluding hydrogens is 416 g/mol. The Bertz CT molecular complexity index is 681. The fourth-order valence-corrected chi connectivity index (χ4v) is 3.61. The standard InChI is InChI=1S/C23H38N2O5S/c1-16(2)8-6-9-17(3)10-7-11-18(4)12-13-31-15-21(23(29)30)25-22(28)20(14-26)24-19(5)27/h8,10,12,20-21,26H,6-7,9,11,13-15H2,1-5H3,(H,24,27)(H,25,28)(H,29,30)/b17-10+,18-12+/t20-,21-/m0/s1. The number of hydrogen-bond acceptors (Lipinski definition) is 5. The highest BCUT2D eigenvalue weighted by Gasteiger charge is 2.25. The molecule has 4 N–H and O–H groups in total. The number of carbonyl (C=O) groups is 3. The largest absolute Gasteiger partial charge is 0.480 e. The highest BCUT2D eigenvalue weighted by atomic mass is 32.2. The maximum atomic E-state index is 12.1. The molecule has 0 aromatic carbocycles. The molecule has 8 heteroatoms. The second-order valence-corrected chi connectivity index (χ2v) is 8.91. The highest BCUT2D eigenvalue weighted by molar-refractivity contribution is 7.99. The molecule has 0 fully saturated rings. The molecule has 0 rings (SSSR count). The Kier molecular flexibility index (Phi) is 15.5. The van der Waals surface area contributed by atoms with Gasteiger partial charge in [-0.1, -0.05) is 34.9 Å². The Labute approximate surface area is 190 Å². The van der Waals surface area contributed by atoms with Crippen LogP contribution in [0.3, 0.4) is 0 Å². The van der Waals surface area contributed by atoms with Gasteiger partial charge in [0.15, 0.2) is 0 Å². The van der Waals surface area contributed by atoms with Crippen molar-refractivity contribution in [3.05, 3.63) is 34.9 Å². The molecule has 0 aliphatic carbocycles. The zero-order valence-electron chi connectivity index (χ0n) is 19.4. The van der Waals surface area contributed by atoms with Crippen LogP contribution in [0.5, 0.6) is 0 Å². The molecular formula is C23H38N2O5S. The summed E-state index contributed by atoms with van der Waals surface area (Å²) in [6, 6.07) is -2.26. The topological polar surface area (TPSA) is 116 Å². The minimum atomic E-state index is -1.16. The summed E-state index contributed by atoms with van der Waals surface area (Å²) in [7, 11) is 0. The lowest BCUT2D eigenvalue weighted by molar-refractivity contribution is -0.141. The van der Waals surface area contributed by atoms with Gasteiger partial charge in [-0.25, -0.2) is 4.79 Å². The third kappa shape index (κ3) is 15.4. The van der Waals surface area contributed by atoms with Gasteiger partial charge < -0.3 is 20.8 Å². The van der Waals surface area contributed by atoms with E-state index in [-0.39, 0.29) is 5.75 Å². The van der Waals surface area contributed by atoms with Gasteiger partial charge in [0.2, 0.25) is 11.8 Å². The summed E-state index contributed by atoms with van der Waals surface area (Å²) >= 11 is 1.40. The fourth-order valence-electron chi connectivity index (χ4n) is 2.61. The first-order valence-corrected chi connectivity index (χ1v) is 11.7. The maximum absolute atomic E-state index is 12.1. The highest BCUT2D eigenvalue weighted by Crippen LogP contribution is 2.13. The summed E-state index contributed by atoms with van der Waals surface area (Å²) in [5.74, 6) is -1.52. The van der Waals surface area contributed by atoms with Crippen LogP contribution < -0.4 is 10.6 Å². The molecule has 0 aliphatic heterocycles. The van der Waals surface area contributed by atoms with Gasteiger partial charge in [0, 0.05) is 18.4 Å². The number of nitrogens with one attached hydrogen (secondary N) is 2. The first-order valence-electron chi connectivity index (χ1n) is 10.5. The average Bonchev–Trinajstić information content (AvgIpc) is 2.67. The molecule has 0 saturated heterocycles. The number of aliphatic hydroxyl groups is 1. The number of hydrogen-bond donors (Lipinski definition) is 4. The summed E-state index contributed by atoms with van der Waals surface area (Å²) in [5.41, 5.74) is 3.97. The molecule has 0 bridgehead atoms. The van der Waals surface area contributed by atoms with Crippen molar-refractivity contribution in [1.82, 2.24) is 10.6 Å². The summed E-state index contributed by atoms with van der Waals surface area (Å²) < 4.78 is 0. The van der Waals surface area contributed by atoms with E-state index in [1.54, 1.807) is 0 Å².